The SMILES string of the molecule is CN(C(=O)Cn1nc2n(c1=O)CCCC2)c1ccon1. The Morgan fingerprint density at radius 1 is 1.50 bits per heavy atom. The second kappa shape index (κ2) is 4.95. The average Bonchev–Trinajstić information content (AvgIpc) is 3.08. The van der Waals surface area contributed by atoms with Gasteiger partial charge in [0, 0.05) is 26.1 Å². The number of anilines is 1. The Hall–Kier alpha value is -2.38. The summed E-state index contributed by atoms with van der Waals surface area (Å²) in [6, 6.07) is 1.58. The zero-order valence-electron chi connectivity index (χ0n) is 11.2. The normalized spacial score (nSPS) is 14.1. The van der Waals surface area contributed by atoms with Crippen LogP contribution in [0.1, 0.15) is 18.7 Å². The Kier molecular flexibility index (Phi) is 3.13. The number of aryl methyl sites for hydroxylation is 1. The zero-order chi connectivity index (χ0) is 14.1. The summed E-state index contributed by atoms with van der Waals surface area (Å²) in [6.07, 6.45) is 4.19. The number of hydrogen-bond donors (Lipinski definition) is 0. The molecule has 0 saturated carbocycles. The number of fused-ring (bicyclic) bond motifs is 1. The highest BCUT2D eigenvalue weighted by Gasteiger charge is 2.20. The third kappa shape index (κ3) is 2.13. The van der Waals surface area contributed by atoms with Gasteiger partial charge < -0.3 is 4.52 Å². The van der Waals surface area contributed by atoms with Gasteiger partial charge in [0.25, 0.3) is 0 Å². The number of carbonyl (C=O) groups is 1. The summed E-state index contributed by atoms with van der Waals surface area (Å²) in [4.78, 5) is 25.6. The van der Waals surface area contributed by atoms with Gasteiger partial charge >= 0.3 is 5.69 Å². The minimum atomic E-state index is -0.267. The minimum Gasteiger partial charge on any atom is -0.363 e. The molecule has 0 bridgehead atoms. The number of rotatable bonds is 3. The highest BCUT2D eigenvalue weighted by atomic mass is 16.5. The molecule has 1 aliphatic rings. The van der Waals surface area contributed by atoms with Gasteiger partial charge in [0.15, 0.2) is 5.82 Å². The van der Waals surface area contributed by atoms with E-state index in [1.54, 1.807) is 17.7 Å². The number of aromatic nitrogens is 4. The molecule has 2 aromatic rings. The van der Waals surface area contributed by atoms with Crippen molar-refractivity contribution in [1.82, 2.24) is 19.5 Å². The molecule has 0 spiro atoms. The summed E-state index contributed by atoms with van der Waals surface area (Å²) in [5, 5.41) is 7.91. The van der Waals surface area contributed by atoms with E-state index in [2.05, 4.69) is 10.3 Å². The van der Waals surface area contributed by atoms with Crippen molar-refractivity contribution in [3.63, 3.8) is 0 Å². The Labute approximate surface area is 114 Å². The maximum absolute atomic E-state index is 12.1. The predicted molar refractivity (Wildman–Crippen MR) is 69.3 cm³/mol. The molecular weight excluding hydrogens is 262 g/mol. The molecule has 8 heteroatoms. The maximum Gasteiger partial charge on any atom is 0.346 e. The van der Waals surface area contributed by atoms with Gasteiger partial charge in [0.2, 0.25) is 5.91 Å². The summed E-state index contributed by atoms with van der Waals surface area (Å²) >= 11 is 0. The van der Waals surface area contributed by atoms with Gasteiger partial charge in [0.1, 0.15) is 18.6 Å². The van der Waals surface area contributed by atoms with Crippen LogP contribution >= 0.6 is 0 Å². The highest BCUT2D eigenvalue weighted by Crippen LogP contribution is 2.10. The summed E-state index contributed by atoms with van der Waals surface area (Å²) < 4.78 is 7.56. The maximum atomic E-state index is 12.1. The van der Waals surface area contributed by atoms with Crippen LogP contribution in [0.5, 0.6) is 0 Å². The fourth-order valence-corrected chi connectivity index (χ4v) is 2.29. The van der Waals surface area contributed by atoms with Crippen molar-refractivity contribution in [3.8, 4) is 0 Å². The van der Waals surface area contributed by atoms with E-state index in [0.29, 0.717) is 12.4 Å². The summed E-state index contributed by atoms with van der Waals surface area (Å²) in [5.41, 5.74) is -0.221. The van der Waals surface area contributed by atoms with Crippen LogP contribution in [0.2, 0.25) is 0 Å². The second-order valence-corrected chi connectivity index (χ2v) is 4.78. The molecule has 0 saturated heterocycles. The van der Waals surface area contributed by atoms with Crippen molar-refractivity contribution >= 4 is 11.7 Å². The number of carbonyl (C=O) groups excluding carboxylic acids is 1. The Balaban J connectivity index is 1.80. The van der Waals surface area contributed by atoms with Gasteiger partial charge in [-0.1, -0.05) is 5.16 Å². The summed E-state index contributed by atoms with van der Waals surface area (Å²) in [7, 11) is 1.58. The molecule has 106 valence electrons. The van der Waals surface area contributed by atoms with Crippen LogP contribution in [0, 0.1) is 0 Å². The highest BCUT2D eigenvalue weighted by molar-refractivity contribution is 5.91. The minimum absolute atomic E-state index is 0.0950. The molecule has 0 fully saturated rings. The van der Waals surface area contributed by atoms with Crippen molar-refractivity contribution in [2.24, 2.45) is 0 Å². The van der Waals surface area contributed by atoms with Crippen molar-refractivity contribution < 1.29 is 9.32 Å². The molecule has 3 heterocycles. The molecule has 8 nitrogen and oxygen atoms in total. The molecule has 0 aliphatic carbocycles. The standard InChI is InChI=1S/C12H15N5O3/c1-15(10-5-7-20-14-10)11(18)8-17-12(19)16-6-3-2-4-9(16)13-17/h5,7H,2-4,6,8H2,1H3. The van der Waals surface area contributed by atoms with Gasteiger partial charge in [0.05, 0.1) is 0 Å². The molecule has 0 N–H and O–H groups in total. The van der Waals surface area contributed by atoms with E-state index in [0.717, 1.165) is 25.1 Å². The van der Waals surface area contributed by atoms with Crippen LogP contribution in [0.3, 0.4) is 0 Å². The molecule has 1 amide bonds. The number of nitrogens with zero attached hydrogens (tertiary/aromatic N) is 5. The lowest BCUT2D eigenvalue weighted by Gasteiger charge is -2.12. The first-order valence-corrected chi connectivity index (χ1v) is 6.50. The Morgan fingerprint density at radius 3 is 3.05 bits per heavy atom. The van der Waals surface area contributed by atoms with Gasteiger partial charge in [-0.25, -0.2) is 9.48 Å². The third-order valence-electron chi connectivity index (χ3n) is 3.46. The number of hydrogen-bond acceptors (Lipinski definition) is 5. The Morgan fingerprint density at radius 2 is 2.35 bits per heavy atom. The molecule has 20 heavy (non-hydrogen) atoms. The van der Waals surface area contributed by atoms with E-state index in [1.165, 1.54) is 15.8 Å². The predicted octanol–water partition coefficient (Wildman–Crippen LogP) is 0.0321. The molecular formula is C12H15N5O3. The lowest BCUT2D eigenvalue weighted by atomic mass is 10.2. The van der Waals surface area contributed by atoms with Crippen LogP contribution in [0.25, 0.3) is 0 Å². The van der Waals surface area contributed by atoms with Crippen LogP contribution in [0.4, 0.5) is 5.82 Å². The monoisotopic (exact) mass is 277 g/mol. The summed E-state index contributed by atoms with van der Waals surface area (Å²) in [6.45, 7) is 0.587. The first-order chi connectivity index (χ1) is 9.66. The van der Waals surface area contributed by atoms with Crippen molar-refractivity contribution in [1.29, 1.82) is 0 Å². The van der Waals surface area contributed by atoms with Crippen molar-refractivity contribution in [2.75, 3.05) is 11.9 Å². The van der Waals surface area contributed by atoms with E-state index in [4.69, 9.17) is 4.52 Å². The molecule has 3 rings (SSSR count). The third-order valence-corrected chi connectivity index (χ3v) is 3.46. The van der Waals surface area contributed by atoms with E-state index in [9.17, 15) is 9.59 Å². The lowest BCUT2D eigenvalue weighted by molar-refractivity contribution is -0.119. The van der Waals surface area contributed by atoms with Crippen LogP contribution in [-0.2, 0) is 24.3 Å². The van der Waals surface area contributed by atoms with E-state index >= 15 is 0 Å². The topological polar surface area (TPSA) is 86.2 Å². The van der Waals surface area contributed by atoms with E-state index in [-0.39, 0.29) is 18.1 Å². The van der Waals surface area contributed by atoms with Gasteiger partial charge in [-0.15, -0.1) is 0 Å². The van der Waals surface area contributed by atoms with Gasteiger partial charge in [-0.3, -0.25) is 14.3 Å². The molecule has 1 aliphatic heterocycles. The first kappa shape index (κ1) is 12.6. The first-order valence-electron chi connectivity index (χ1n) is 6.50. The largest absolute Gasteiger partial charge is 0.363 e. The fourth-order valence-electron chi connectivity index (χ4n) is 2.29. The number of likely N-dealkylation sites (N-methyl/N-ethyl adjacent to an activating group) is 1. The van der Waals surface area contributed by atoms with Crippen LogP contribution < -0.4 is 10.6 Å². The van der Waals surface area contributed by atoms with E-state index < -0.39 is 0 Å². The van der Waals surface area contributed by atoms with Crippen LogP contribution in [-0.4, -0.2) is 32.5 Å². The molecule has 0 unspecified atom stereocenters. The molecule has 0 aromatic carbocycles. The van der Waals surface area contributed by atoms with Gasteiger partial charge in [-0.2, -0.15) is 5.10 Å². The Bertz CT molecular complexity index is 670. The molecule has 0 atom stereocenters. The smallest absolute Gasteiger partial charge is 0.346 e. The quantitative estimate of drug-likeness (QED) is 0.790. The average molecular weight is 277 g/mol. The second-order valence-electron chi connectivity index (χ2n) is 4.78. The molecule has 0 radical (unpaired) electrons. The van der Waals surface area contributed by atoms with Crippen LogP contribution in [0.15, 0.2) is 21.6 Å². The van der Waals surface area contributed by atoms with Crippen molar-refractivity contribution in [2.45, 2.75) is 32.4 Å². The fraction of sp³-hybridized carbons (Fsp3) is 0.500. The molecule has 2 aromatic heterocycles. The van der Waals surface area contributed by atoms with Gasteiger partial charge in [-0.05, 0) is 12.8 Å². The number of amides is 1. The summed E-state index contributed by atoms with van der Waals surface area (Å²) in [5.74, 6) is 0.904. The zero-order valence-corrected chi connectivity index (χ0v) is 11.2. The lowest BCUT2D eigenvalue weighted by Crippen LogP contribution is -2.35. The van der Waals surface area contributed by atoms with E-state index in [1.807, 2.05) is 0 Å². The van der Waals surface area contributed by atoms with Crippen molar-refractivity contribution in [3.05, 3.63) is 28.6 Å².